The molecule has 1 aliphatic heterocycles. The second-order valence-electron chi connectivity index (χ2n) is 7.94. The first kappa shape index (κ1) is 21.7. The van der Waals surface area contributed by atoms with E-state index in [1.165, 1.54) is 0 Å². The topological polar surface area (TPSA) is 67.9 Å². The molecule has 2 amide bonds. The monoisotopic (exact) mass is 410 g/mol. The van der Waals surface area contributed by atoms with E-state index in [0.29, 0.717) is 23.5 Å². The SMILES string of the molecule is COc1ccc(C(=O)N2CCC[C@@H]2COc2ccc(C(=O)NC(C)C)cc2)c(C)c1. The van der Waals surface area contributed by atoms with Crippen molar-refractivity contribution in [2.24, 2.45) is 0 Å². The van der Waals surface area contributed by atoms with Crippen molar-refractivity contribution in [2.45, 2.75) is 45.7 Å². The van der Waals surface area contributed by atoms with Crippen LogP contribution in [0.15, 0.2) is 42.5 Å². The van der Waals surface area contributed by atoms with Crippen LogP contribution in [0.5, 0.6) is 11.5 Å². The summed E-state index contributed by atoms with van der Waals surface area (Å²) in [6.45, 7) is 6.94. The van der Waals surface area contributed by atoms with E-state index in [0.717, 1.165) is 30.7 Å². The van der Waals surface area contributed by atoms with Gasteiger partial charge in [-0.05, 0) is 81.6 Å². The minimum atomic E-state index is -0.0982. The van der Waals surface area contributed by atoms with E-state index in [1.807, 2.05) is 43.9 Å². The first-order valence-electron chi connectivity index (χ1n) is 10.4. The van der Waals surface area contributed by atoms with Gasteiger partial charge in [-0.1, -0.05) is 0 Å². The van der Waals surface area contributed by atoms with Crippen molar-refractivity contribution >= 4 is 11.8 Å². The predicted octanol–water partition coefficient (Wildman–Crippen LogP) is 3.83. The maximum atomic E-state index is 13.1. The third-order valence-electron chi connectivity index (χ3n) is 5.28. The molecule has 0 unspecified atom stereocenters. The average molecular weight is 411 g/mol. The number of likely N-dealkylation sites (tertiary alicyclic amines) is 1. The normalized spacial score (nSPS) is 15.9. The van der Waals surface area contributed by atoms with Crippen molar-refractivity contribution in [3.8, 4) is 11.5 Å². The van der Waals surface area contributed by atoms with Crippen molar-refractivity contribution in [2.75, 3.05) is 20.3 Å². The molecule has 1 aliphatic rings. The van der Waals surface area contributed by atoms with Crippen LogP contribution >= 0.6 is 0 Å². The van der Waals surface area contributed by atoms with Gasteiger partial charge in [0.2, 0.25) is 0 Å². The van der Waals surface area contributed by atoms with E-state index >= 15 is 0 Å². The Hall–Kier alpha value is -3.02. The summed E-state index contributed by atoms with van der Waals surface area (Å²) in [5, 5.41) is 2.87. The molecule has 1 heterocycles. The first-order chi connectivity index (χ1) is 14.4. The minimum Gasteiger partial charge on any atom is -0.497 e. The molecular weight excluding hydrogens is 380 g/mol. The van der Waals surface area contributed by atoms with Gasteiger partial charge in [0, 0.05) is 23.7 Å². The second-order valence-corrected chi connectivity index (χ2v) is 7.94. The highest BCUT2D eigenvalue weighted by atomic mass is 16.5. The van der Waals surface area contributed by atoms with E-state index in [1.54, 1.807) is 31.4 Å². The summed E-state index contributed by atoms with van der Waals surface area (Å²) in [6.07, 6.45) is 1.87. The second kappa shape index (κ2) is 9.65. The molecule has 1 fully saturated rings. The highest BCUT2D eigenvalue weighted by molar-refractivity contribution is 5.96. The molecule has 0 spiro atoms. The van der Waals surface area contributed by atoms with Crippen LogP contribution in [-0.2, 0) is 0 Å². The lowest BCUT2D eigenvalue weighted by Gasteiger charge is -2.25. The van der Waals surface area contributed by atoms with Crippen LogP contribution in [0, 0.1) is 6.92 Å². The van der Waals surface area contributed by atoms with Gasteiger partial charge in [-0.15, -0.1) is 0 Å². The lowest BCUT2D eigenvalue weighted by atomic mass is 10.1. The third kappa shape index (κ3) is 5.12. The number of hydrogen-bond donors (Lipinski definition) is 1. The van der Waals surface area contributed by atoms with Gasteiger partial charge in [0.25, 0.3) is 11.8 Å². The molecule has 0 aliphatic carbocycles. The maximum absolute atomic E-state index is 13.1. The van der Waals surface area contributed by atoms with E-state index in [2.05, 4.69) is 5.32 Å². The summed E-state index contributed by atoms with van der Waals surface area (Å²) in [6, 6.07) is 12.7. The fraction of sp³-hybridized carbons (Fsp3) is 0.417. The number of amides is 2. The molecule has 1 atom stereocenters. The standard InChI is InChI=1S/C24H30N2O4/c1-16(2)25-23(27)18-7-9-20(10-8-18)30-15-19-6-5-13-26(19)24(28)22-12-11-21(29-4)14-17(22)3/h7-12,14,16,19H,5-6,13,15H2,1-4H3,(H,25,27)/t19-/m1/s1. The molecule has 0 radical (unpaired) electrons. The molecule has 160 valence electrons. The summed E-state index contributed by atoms with van der Waals surface area (Å²) in [4.78, 5) is 27.0. The van der Waals surface area contributed by atoms with E-state index in [-0.39, 0.29) is 23.9 Å². The van der Waals surface area contributed by atoms with E-state index in [9.17, 15) is 9.59 Å². The maximum Gasteiger partial charge on any atom is 0.254 e. The first-order valence-corrected chi connectivity index (χ1v) is 10.4. The number of nitrogens with one attached hydrogen (secondary N) is 1. The molecule has 6 nitrogen and oxygen atoms in total. The van der Waals surface area contributed by atoms with E-state index < -0.39 is 0 Å². The van der Waals surface area contributed by atoms with Crippen LogP contribution in [0.1, 0.15) is 53.0 Å². The number of rotatable bonds is 7. The van der Waals surface area contributed by atoms with Crippen molar-refractivity contribution in [1.29, 1.82) is 0 Å². The zero-order chi connectivity index (χ0) is 21.7. The number of aryl methyl sites for hydroxylation is 1. The van der Waals surface area contributed by atoms with Gasteiger partial charge in [-0.3, -0.25) is 9.59 Å². The number of hydrogen-bond acceptors (Lipinski definition) is 4. The van der Waals surface area contributed by atoms with Crippen LogP contribution in [-0.4, -0.2) is 49.1 Å². The Morgan fingerprint density at radius 2 is 1.83 bits per heavy atom. The molecule has 6 heteroatoms. The summed E-state index contributed by atoms with van der Waals surface area (Å²) < 4.78 is 11.2. The van der Waals surface area contributed by atoms with Crippen molar-refractivity contribution in [1.82, 2.24) is 10.2 Å². The average Bonchev–Trinajstić information content (AvgIpc) is 3.20. The van der Waals surface area contributed by atoms with Crippen molar-refractivity contribution < 1.29 is 19.1 Å². The minimum absolute atomic E-state index is 0.0296. The number of ether oxygens (including phenoxy) is 2. The Labute approximate surface area is 178 Å². The largest absolute Gasteiger partial charge is 0.497 e. The van der Waals surface area contributed by atoms with Gasteiger partial charge in [-0.2, -0.15) is 0 Å². The smallest absolute Gasteiger partial charge is 0.254 e. The van der Waals surface area contributed by atoms with Gasteiger partial charge in [0.05, 0.1) is 13.2 Å². The number of benzene rings is 2. The quantitative estimate of drug-likeness (QED) is 0.753. The molecule has 2 aromatic rings. The molecule has 0 bridgehead atoms. The molecule has 0 aromatic heterocycles. The molecule has 0 saturated carbocycles. The van der Waals surface area contributed by atoms with Gasteiger partial charge in [0.15, 0.2) is 0 Å². The van der Waals surface area contributed by atoms with Crippen LogP contribution < -0.4 is 14.8 Å². The predicted molar refractivity (Wildman–Crippen MR) is 116 cm³/mol. The van der Waals surface area contributed by atoms with Crippen molar-refractivity contribution in [3.63, 3.8) is 0 Å². The number of methoxy groups -OCH3 is 1. The summed E-state index contributed by atoms with van der Waals surface area (Å²) >= 11 is 0. The zero-order valence-corrected chi connectivity index (χ0v) is 18.1. The van der Waals surface area contributed by atoms with Gasteiger partial charge < -0.3 is 19.7 Å². The lowest BCUT2D eigenvalue weighted by Crippen LogP contribution is -2.39. The molecule has 2 aromatic carbocycles. The van der Waals surface area contributed by atoms with Crippen molar-refractivity contribution in [3.05, 3.63) is 59.2 Å². The fourth-order valence-corrected chi connectivity index (χ4v) is 3.67. The molecule has 3 rings (SSSR count). The van der Waals surface area contributed by atoms with Crippen LogP contribution in [0.25, 0.3) is 0 Å². The van der Waals surface area contributed by atoms with E-state index in [4.69, 9.17) is 9.47 Å². The molecule has 1 saturated heterocycles. The molecular formula is C24H30N2O4. The Morgan fingerprint density at radius 3 is 2.47 bits per heavy atom. The van der Waals surface area contributed by atoms with Crippen LogP contribution in [0.3, 0.4) is 0 Å². The summed E-state index contributed by atoms with van der Waals surface area (Å²) in [5.41, 5.74) is 2.20. The number of carbonyl (C=O) groups is 2. The highest BCUT2D eigenvalue weighted by Crippen LogP contribution is 2.25. The molecule has 1 N–H and O–H groups in total. The summed E-state index contributed by atoms with van der Waals surface area (Å²) in [5.74, 6) is 1.37. The van der Waals surface area contributed by atoms with Crippen LogP contribution in [0.2, 0.25) is 0 Å². The lowest BCUT2D eigenvalue weighted by molar-refractivity contribution is 0.0690. The Bertz CT molecular complexity index is 893. The van der Waals surface area contributed by atoms with Gasteiger partial charge in [-0.25, -0.2) is 0 Å². The third-order valence-corrected chi connectivity index (χ3v) is 5.28. The van der Waals surface area contributed by atoms with Gasteiger partial charge in [0.1, 0.15) is 18.1 Å². The highest BCUT2D eigenvalue weighted by Gasteiger charge is 2.30. The Balaban J connectivity index is 1.61. The van der Waals surface area contributed by atoms with Gasteiger partial charge >= 0.3 is 0 Å². The molecule has 30 heavy (non-hydrogen) atoms. The number of carbonyl (C=O) groups excluding carboxylic acids is 2. The number of nitrogens with zero attached hydrogens (tertiary/aromatic N) is 1. The zero-order valence-electron chi connectivity index (χ0n) is 18.1. The Morgan fingerprint density at radius 1 is 1.13 bits per heavy atom. The fourth-order valence-electron chi connectivity index (χ4n) is 3.67. The summed E-state index contributed by atoms with van der Waals surface area (Å²) in [7, 11) is 1.62. The van der Waals surface area contributed by atoms with Crippen LogP contribution in [0.4, 0.5) is 0 Å². The Kier molecular flexibility index (Phi) is 6.98.